The molecule has 0 bridgehead atoms. The van der Waals surface area contributed by atoms with Gasteiger partial charge in [-0.3, -0.25) is 4.79 Å². The fourth-order valence-electron chi connectivity index (χ4n) is 5.19. The Balaban J connectivity index is 1.76. The van der Waals surface area contributed by atoms with Gasteiger partial charge in [-0.05, 0) is 61.1 Å². The van der Waals surface area contributed by atoms with Gasteiger partial charge in [0.05, 0.1) is 39.1 Å². The number of carbonyl (C=O) groups is 3. The second kappa shape index (κ2) is 11.5. The van der Waals surface area contributed by atoms with E-state index in [-0.39, 0.29) is 24.7 Å². The SMILES string of the molecule is CCCOC(=O)C1=C(C)NC2=C(C(=O)C[C@@H](c3ccc(OC)c(OC)c3)C2)[C@H]1c1ccc(C(=O)OC)cc1. The van der Waals surface area contributed by atoms with Gasteiger partial charge >= 0.3 is 11.9 Å². The monoisotopic (exact) mass is 519 g/mol. The first kappa shape index (κ1) is 27.0. The highest BCUT2D eigenvalue weighted by Crippen LogP contribution is 2.46. The van der Waals surface area contributed by atoms with Crippen LogP contribution in [0.2, 0.25) is 0 Å². The van der Waals surface area contributed by atoms with Crippen molar-refractivity contribution < 1.29 is 33.3 Å². The van der Waals surface area contributed by atoms with Crippen LogP contribution in [0.4, 0.5) is 0 Å². The van der Waals surface area contributed by atoms with Crippen molar-refractivity contribution in [2.75, 3.05) is 27.9 Å². The number of hydrogen-bond donors (Lipinski definition) is 1. The van der Waals surface area contributed by atoms with E-state index in [4.69, 9.17) is 18.9 Å². The van der Waals surface area contributed by atoms with Crippen molar-refractivity contribution in [3.05, 3.63) is 81.7 Å². The molecule has 0 unspecified atom stereocenters. The number of nitrogens with one attached hydrogen (secondary N) is 1. The molecule has 2 aromatic rings. The molecule has 38 heavy (non-hydrogen) atoms. The predicted molar refractivity (Wildman–Crippen MR) is 141 cm³/mol. The molecule has 0 radical (unpaired) electrons. The Morgan fingerprint density at radius 2 is 1.61 bits per heavy atom. The van der Waals surface area contributed by atoms with E-state index in [0.717, 1.165) is 16.8 Å². The van der Waals surface area contributed by atoms with Crippen molar-refractivity contribution in [3.63, 3.8) is 0 Å². The molecule has 0 saturated heterocycles. The minimum Gasteiger partial charge on any atom is -0.493 e. The summed E-state index contributed by atoms with van der Waals surface area (Å²) in [7, 11) is 4.49. The van der Waals surface area contributed by atoms with Crippen molar-refractivity contribution in [2.24, 2.45) is 0 Å². The van der Waals surface area contributed by atoms with E-state index in [2.05, 4.69) is 5.32 Å². The van der Waals surface area contributed by atoms with Gasteiger partial charge < -0.3 is 24.3 Å². The van der Waals surface area contributed by atoms with Gasteiger partial charge in [0.2, 0.25) is 0 Å². The summed E-state index contributed by atoms with van der Waals surface area (Å²) < 4.78 is 21.2. The highest BCUT2D eigenvalue weighted by molar-refractivity contribution is 6.04. The lowest BCUT2D eigenvalue weighted by Gasteiger charge is -2.36. The van der Waals surface area contributed by atoms with Crippen molar-refractivity contribution in [3.8, 4) is 11.5 Å². The summed E-state index contributed by atoms with van der Waals surface area (Å²) in [5.41, 5.74) is 4.48. The lowest BCUT2D eigenvalue weighted by Crippen LogP contribution is -2.36. The number of carbonyl (C=O) groups excluding carboxylic acids is 3. The van der Waals surface area contributed by atoms with Gasteiger partial charge in [0.25, 0.3) is 0 Å². The molecule has 0 fully saturated rings. The Bertz CT molecular complexity index is 1310. The zero-order valence-corrected chi connectivity index (χ0v) is 22.4. The molecule has 0 amide bonds. The van der Waals surface area contributed by atoms with E-state index in [0.29, 0.717) is 46.7 Å². The number of Topliss-reactive ketones (excluding diaryl/α,β-unsaturated/α-hetero) is 1. The van der Waals surface area contributed by atoms with E-state index in [9.17, 15) is 14.4 Å². The average molecular weight is 520 g/mol. The number of dihydropyridines is 1. The number of ketones is 1. The van der Waals surface area contributed by atoms with Crippen molar-refractivity contribution >= 4 is 17.7 Å². The summed E-state index contributed by atoms with van der Waals surface area (Å²) in [6.45, 7) is 4.04. The minimum atomic E-state index is -0.610. The Morgan fingerprint density at radius 3 is 2.24 bits per heavy atom. The molecular formula is C30H33NO7. The number of methoxy groups -OCH3 is 3. The van der Waals surface area contributed by atoms with E-state index in [1.165, 1.54) is 7.11 Å². The Kier molecular flexibility index (Phi) is 8.20. The van der Waals surface area contributed by atoms with Crippen LogP contribution >= 0.6 is 0 Å². The minimum absolute atomic E-state index is 0.0473. The third-order valence-corrected chi connectivity index (χ3v) is 7.03. The highest BCUT2D eigenvalue weighted by atomic mass is 16.5. The third kappa shape index (κ3) is 5.16. The molecule has 1 aliphatic carbocycles. The van der Waals surface area contributed by atoms with Crippen LogP contribution in [-0.4, -0.2) is 45.7 Å². The Morgan fingerprint density at radius 1 is 0.921 bits per heavy atom. The molecule has 8 nitrogen and oxygen atoms in total. The number of ether oxygens (including phenoxy) is 4. The van der Waals surface area contributed by atoms with Crippen LogP contribution in [0.15, 0.2) is 65.0 Å². The maximum absolute atomic E-state index is 13.8. The summed E-state index contributed by atoms with van der Waals surface area (Å²) in [4.78, 5) is 39.0. The molecule has 1 heterocycles. The molecule has 2 aliphatic rings. The molecule has 2 aromatic carbocycles. The van der Waals surface area contributed by atoms with Crippen LogP contribution in [0.25, 0.3) is 0 Å². The first-order chi connectivity index (χ1) is 18.3. The molecule has 0 spiro atoms. The molecule has 2 atom stereocenters. The largest absolute Gasteiger partial charge is 0.493 e. The lowest BCUT2D eigenvalue weighted by molar-refractivity contribution is -0.139. The van der Waals surface area contributed by atoms with Gasteiger partial charge in [0, 0.05) is 29.3 Å². The zero-order chi connectivity index (χ0) is 27.4. The lowest BCUT2D eigenvalue weighted by atomic mass is 9.71. The molecule has 1 aliphatic heterocycles. The standard InChI is InChI=1S/C30H33NO7/c1-6-13-38-30(34)26-17(2)31-22-14-21(20-11-12-24(35-3)25(16-20)36-4)15-23(32)28(22)27(26)18-7-9-19(10-8-18)29(33)37-5/h7-12,16,21,27,31H,6,13-15H2,1-5H3/t21-,27-/m0/s1. The zero-order valence-electron chi connectivity index (χ0n) is 22.4. The van der Waals surface area contributed by atoms with Gasteiger partial charge in [0.15, 0.2) is 17.3 Å². The van der Waals surface area contributed by atoms with Crippen LogP contribution in [0, 0.1) is 0 Å². The summed E-state index contributed by atoms with van der Waals surface area (Å²) in [5, 5.41) is 3.35. The first-order valence-electron chi connectivity index (χ1n) is 12.6. The van der Waals surface area contributed by atoms with E-state index >= 15 is 0 Å². The topological polar surface area (TPSA) is 100 Å². The number of allylic oxidation sites excluding steroid dienone is 3. The molecule has 4 rings (SSSR count). The number of benzene rings is 2. The number of esters is 2. The molecule has 0 saturated carbocycles. The second-order valence-corrected chi connectivity index (χ2v) is 9.38. The normalized spacial score (nSPS) is 18.9. The molecule has 200 valence electrons. The molecular weight excluding hydrogens is 486 g/mol. The van der Waals surface area contributed by atoms with Gasteiger partial charge in [-0.15, -0.1) is 0 Å². The predicted octanol–water partition coefficient (Wildman–Crippen LogP) is 4.81. The quantitative estimate of drug-likeness (QED) is 0.496. The maximum atomic E-state index is 13.8. The van der Waals surface area contributed by atoms with Gasteiger partial charge in [-0.2, -0.15) is 0 Å². The fourth-order valence-corrected chi connectivity index (χ4v) is 5.19. The van der Waals surface area contributed by atoms with Crippen molar-refractivity contribution in [1.29, 1.82) is 0 Å². The third-order valence-electron chi connectivity index (χ3n) is 7.03. The van der Waals surface area contributed by atoms with Gasteiger partial charge in [-0.1, -0.05) is 25.1 Å². The van der Waals surface area contributed by atoms with Crippen LogP contribution in [0.5, 0.6) is 11.5 Å². The maximum Gasteiger partial charge on any atom is 0.337 e. The van der Waals surface area contributed by atoms with Gasteiger partial charge in [-0.25, -0.2) is 9.59 Å². The highest BCUT2D eigenvalue weighted by Gasteiger charge is 2.41. The summed E-state index contributed by atoms with van der Waals surface area (Å²) in [6, 6.07) is 12.5. The summed E-state index contributed by atoms with van der Waals surface area (Å²) in [5.74, 6) is -0.414. The smallest absolute Gasteiger partial charge is 0.337 e. The van der Waals surface area contributed by atoms with E-state index in [1.54, 1.807) is 38.5 Å². The molecule has 0 aromatic heterocycles. The summed E-state index contributed by atoms with van der Waals surface area (Å²) >= 11 is 0. The Hall–Kier alpha value is -4.07. The number of rotatable bonds is 8. The van der Waals surface area contributed by atoms with Crippen LogP contribution in [0.3, 0.4) is 0 Å². The van der Waals surface area contributed by atoms with Crippen LogP contribution in [0.1, 0.15) is 66.4 Å². The van der Waals surface area contributed by atoms with Gasteiger partial charge in [0.1, 0.15) is 0 Å². The average Bonchev–Trinajstić information content (AvgIpc) is 2.94. The van der Waals surface area contributed by atoms with E-state index in [1.807, 2.05) is 32.0 Å². The molecule has 1 N–H and O–H groups in total. The van der Waals surface area contributed by atoms with Crippen molar-refractivity contribution in [2.45, 2.75) is 44.9 Å². The van der Waals surface area contributed by atoms with Crippen molar-refractivity contribution in [1.82, 2.24) is 5.32 Å². The second-order valence-electron chi connectivity index (χ2n) is 9.38. The van der Waals surface area contributed by atoms with Crippen LogP contribution < -0.4 is 14.8 Å². The van der Waals surface area contributed by atoms with E-state index < -0.39 is 17.9 Å². The number of hydrogen-bond acceptors (Lipinski definition) is 8. The fraction of sp³-hybridized carbons (Fsp3) is 0.367. The summed E-state index contributed by atoms with van der Waals surface area (Å²) in [6.07, 6.45) is 1.55. The molecule has 8 heteroatoms. The van der Waals surface area contributed by atoms with Crippen LogP contribution in [-0.2, 0) is 19.1 Å². The first-order valence-corrected chi connectivity index (χ1v) is 12.6. The Labute approximate surface area is 222 Å².